The summed E-state index contributed by atoms with van der Waals surface area (Å²) in [5.41, 5.74) is 2.25. The van der Waals surface area contributed by atoms with Gasteiger partial charge in [-0.05, 0) is 24.3 Å². The molecule has 0 aliphatic carbocycles. The molecule has 6 heteroatoms. The monoisotopic (exact) mass is 366 g/mol. The van der Waals surface area contributed by atoms with E-state index in [1.54, 1.807) is 12.0 Å². The Morgan fingerprint density at radius 2 is 1.84 bits per heavy atom. The summed E-state index contributed by atoms with van der Waals surface area (Å²) in [7, 11) is 1.58. The van der Waals surface area contributed by atoms with E-state index < -0.39 is 5.25 Å². The van der Waals surface area contributed by atoms with Crippen LogP contribution in [0.1, 0.15) is 10.9 Å². The molecule has 1 aliphatic rings. The van der Waals surface area contributed by atoms with Crippen LogP contribution < -0.4 is 9.64 Å². The zero-order valence-electron chi connectivity index (χ0n) is 13.4. The van der Waals surface area contributed by atoms with Gasteiger partial charge in [0.25, 0.3) is 5.91 Å². The zero-order chi connectivity index (χ0) is 17.4. The molecule has 1 unspecified atom stereocenters. The molecule has 0 bridgehead atoms. The number of methoxy groups -OCH3 is 1. The molecule has 1 atom stereocenters. The van der Waals surface area contributed by atoms with Crippen LogP contribution >= 0.6 is 24.0 Å². The first-order chi connectivity index (χ1) is 12.2. The molecule has 4 nitrogen and oxygen atoms in total. The average Bonchev–Trinajstić information content (AvgIpc) is 2.95. The number of ether oxygens (including phenoxy) is 1. The molecule has 0 radical (unpaired) electrons. The lowest BCUT2D eigenvalue weighted by Gasteiger charge is -2.18. The fraction of sp³-hybridized carbons (Fsp3) is 0.105. The molecule has 0 N–H and O–H groups in total. The molecule has 1 amide bonds. The van der Waals surface area contributed by atoms with Gasteiger partial charge in [0.15, 0.2) is 0 Å². The molecule has 1 fully saturated rings. The number of carbonyl (C=O) groups excluding carboxylic acids is 1. The van der Waals surface area contributed by atoms with Gasteiger partial charge in [-0.3, -0.25) is 14.7 Å². The van der Waals surface area contributed by atoms with E-state index in [0.29, 0.717) is 21.5 Å². The third-order valence-electron chi connectivity index (χ3n) is 4.06. The number of thiocarbonyl (C=S) groups is 1. The number of para-hydroxylation sites is 3. The van der Waals surface area contributed by atoms with E-state index in [-0.39, 0.29) is 5.91 Å². The second kappa shape index (κ2) is 6.46. The number of carbonyl (C=O) groups is 1. The second-order valence-electron chi connectivity index (χ2n) is 5.54. The third kappa shape index (κ3) is 2.77. The SMILES string of the molecule is COc1ccccc1N1C(=O)C(c2ccc3ccccc3n2)SC1=S. The molecule has 25 heavy (non-hydrogen) atoms. The van der Waals surface area contributed by atoms with E-state index in [0.717, 1.165) is 10.9 Å². The number of fused-ring (bicyclic) bond motifs is 1. The van der Waals surface area contributed by atoms with E-state index in [9.17, 15) is 4.79 Å². The number of nitrogens with zero attached hydrogens (tertiary/aromatic N) is 2. The molecule has 1 aromatic heterocycles. The molecule has 3 aromatic rings. The summed E-state index contributed by atoms with van der Waals surface area (Å²) < 4.78 is 5.88. The number of pyridine rings is 1. The number of rotatable bonds is 3. The van der Waals surface area contributed by atoms with E-state index in [1.807, 2.05) is 60.7 Å². The summed E-state index contributed by atoms with van der Waals surface area (Å²) >= 11 is 6.81. The summed E-state index contributed by atoms with van der Waals surface area (Å²) in [6.45, 7) is 0. The van der Waals surface area contributed by atoms with Gasteiger partial charge in [-0.15, -0.1) is 0 Å². The Kier molecular flexibility index (Phi) is 4.15. The zero-order valence-corrected chi connectivity index (χ0v) is 15.0. The summed E-state index contributed by atoms with van der Waals surface area (Å²) in [5, 5.41) is 0.605. The van der Waals surface area contributed by atoms with Crippen molar-refractivity contribution in [2.45, 2.75) is 5.25 Å². The molecule has 0 saturated carbocycles. The van der Waals surface area contributed by atoms with Crippen molar-refractivity contribution in [1.82, 2.24) is 4.98 Å². The van der Waals surface area contributed by atoms with Crippen LogP contribution in [0, 0.1) is 0 Å². The Labute approximate surface area is 154 Å². The second-order valence-corrected chi connectivity index (χ2v) is 7.28. The molecule has 2 heterocycles. The number of thioether (sulfide) groups is 1. The van der Waals surface area contributed by atoms with Crippen molar-refractivity contribution >= 4 is 50.8 Å². The van der Waals surface area contributed by atoms with Gasteiger partial charge in [0.05, 0.1) is 24.0 Å². The van der Waals surface area contributed by atoms with Crippen molar-refractivity contribution < 1.29 is 9.53 Å². The Hall–Kier alpha value is -2.44. The van der Waals surface area contributed by atoms with Gasteiger partial charge >= 0.3 is 0 Å². The van der Waals surface area contributed by atoms with Gasteiger partial charge in [0.2, 0.25) is 0 Å². The van der Waals surface area contributed by atoms with E-state index in [2.05, 4.69) is 4.98 Å². The molecular weight excluding hydrogens is 352 g/mol. The Morgan fingerprint density at radius 1 is 1.08 bits per heavy atom. The minimum Gasteiger partial charge on any atom is -0.495 e. The number of anilines is 1. The molecule has 1 saturated heterocycles. The minimum atomic E-state index is -0.443. The van der Waals surface area contributed by atoms with Crippen LogP contribution in [0.2, 0.25) is 0 Å². The fourth-order valence-electron chi connectivity index (χ4n) is 2.86. The maximum atomic E-state index is 13.0. The standard InChI is InChI=1S/C19H14N2O2S2/c1-23-16-9-5-4-8-15(16)21-18(22)17(25-19(21)24)14-11-10-12-6-2-3-7-13(12)20-14/h2-11,17H,1H3. The Bertz CT molecular complexity index is 990. The topological polar surface area (TPSA) is 42.4 Å². The van der Waals surface area contributed by atoms with Crippen molar-refractivity contribution in [3.8, 4) is 5.75 Å². The van der Waals surface area contributed by atoms with Gasteiger partial charge in [-0.2, -0.15) is 0 Å². The molecule has 0 spiro atoms. The first-order valence-electron chi connectivity index (χ1n) is 7.72. The summed E-state index contributed by atoms with van der Waals surface area (Å²) in [6, 6.07) is 19.1. The molecule has 4 rings (SSSR count). The average molecular weight is 366 g/mol. The van der Waals surface area contributed by atoms with Crippen molar-refractivity contribution in [1.29, 1.82) is 0 Å². The van der Waals surface area contributed by atoms with E-state index in [4.69, 9.17) is 17.0 Å². The lowest BCUT2D eigenvalue weighted by molar-refractivity contribution is -0.117. The maximum Gasteiger partial charge on any atom is 0.252 e. The van der Waals surface area contributed by atoms with Gasteiger partial charge in [-0.25, -0.2) is 0 Å². The highest BCUT2D eigenvalue weighted by Crippen LogP contribution is 2.43. The predicted molar refractivity (Wildman–Crippen MR) is 105 cm³/mol. The smallest absolute Gasteiger partial charge is 0.252 e. The maximum absolute atomic E-state index is 13.0. The highest BCUT2D eigenvalue weighted by atomic mass is 32.2. The quantitative estimate of drug-likeness (QED) is 0.645. The van der Waals surface area contributed by atoms with Crippen molar-refractivity contribution in [2.75, 3.05) is 12.0 Å². The number of amides is 1. The van der Waals surface area contributed by atoms with E-state index in [1.165, 1.54) is 11.8 Å². The first-order valence-corrected chi connectivity index (χ1v) is 9.01. The largest absolute Gasteiger partial charge is 0.495 e. The fourth-order valence-corrected chi connectivity index (χ4v) is 4.29. The summed E-state index contributed by atoms with van der Waals surface area (Å²) in [4.78, 5) is 19.2. The van der Waals surface area contributed by atoms with Crippen LogP contribution in [-0.4, -0.2) is 22.3 Å². The predicted octanol–water partition coefficient (Wildman–Crippen LogP) is 4.35. The van der Waals surface area contributed by atoms with Crippen LogP contribution in [-0.2, 0) is 4.79 Å². The summed E-state index contributed by atoms with van der Waals surface area (Å²) in [5.74, 6) is 0.521. The van der Waals surface area contributed by atoms with Crippen molar-refractivity contribution in [3.05, 3.63) is 66.4 Å². The molecular formula is C19H14N2O2S2. The third-order valence-corrected chi connectivity index (χ3v) is 5.59. The Morgan fingerprint density at radius 3 is 2.68 bits per heavy atom. The van der Waals surface area contributed by atoms with Crippen LogP contribution in [0.15, 0.2) is 60.7 Å². The number of hydrogen-bond donors (Lipinski definition) is 0. The number of hydrogen-bond acceptors (Lipinski definition) is 5. The minimum absolute atomic E-state index is 0.0951. The molecule has 124 valence electrons. The first kappa shape index (κ1) is 16.1. The van der Waals surface area contributed by atoms with E-state index >= 15 is 0 Å². The highest BCUT2D eigenvalue weighted by molar-refractivity contribution is 8.24. The van der Waals surface area contributed by atoms with Gasteiger partial charge in [0, 0.05) is 5.39 Å². The van der Waals surface area contributed by atoms with Crippen molar-refractivity contribution in [2.24, 2.45) is 0 Å². The van der Waals surface area contributed by atoms with Crippen LogP contribution in [0.4, 0.5) is 5.69 Å². The number of aromatic nitrogens is 1. The van der Waals surface area contributed by atoms with Crippen LogP contribution in [0.5, 0.6) is 5.75 Å². The highest BCUT2D eigenvalue weighted by Gasteiger charge is 2.40. The van der Waals surface area contributed by atoms with Crippen LogP contribution in [0.25, 0.3) is 10.9 Å². The normalized spacial score (nSPS) is 17.3. The lowest BCUT2D eigenvalue weighted by atomic mass is 10.1. The van der Waals surface area contributed by atoms with Gasteiger partial charge in [0.1, 0.15) is 15.3 Å². The lowest BCUT2D eigenvalue weighted by Crippen LogP contribution is -2.29. The van der Waals surface area contributed by atoms with Crippen molar-refractivity contribution in [3.63, 3.8) is 0 Å². The Balaban J connectivity index is 1.73. The summed E-state index contributed by atoms with van der Waals surface area (Å²) in [6.07, 6.45) is 0. The molecule has 2 aromatic carbocycles. The molecule has 1 aliphatic heterocycles. The van der Waals surface area contributed by atoms with Gasteiger partial charge in [-0.1, -0.05) is 60.4 Å². The number of benzene rings is 2. The van der Waals surface area contributed by atoms with Crippen LogP contribution in [0.3, 0.4) is 0 Å². The van der Waals surface area contributed by atoms with Gasteiger partial charge < -0.3 is 4.74 Å².